The van der Waals surface area contributed by atoms with Gasteiger partial charge in [0.2, 0.25) is 0 Å². The summed E-state index contributed by atoms with van der Waals surface area (Å²) < 4.78 is -0.647. The number of nitrogens with zero attached hydrogens (tertiary/aromatic N) is 2. The highest BCUT2D eigenvalue weighted by Gasteiger charge is 2.32. The van der Waals surface area contributed by atoms with Crippen LogP contribution < -0.4 is 0 Å². The van der Waals surface area contributed by atoms with Crippen LogP contribution >= 0.6 is 12.6 Å². The zero-order chi connectivity index (χ0) is 13.1. The first-order valence-electron chi connectivity index (χ1n) is 6.05. The molecule has 0 aromatic rings. The molecular weight excluding hydrogens is 236 g/mol. The summed E-state index contributed by atoms with van der Waals surface area (Å²) in [7, 11) is 1.98. The molecule has 0 radical (unpaired) electrons. The molecule has 1 atom stereocenters. The minimum Gasteiger partial charge on any atom is -0.480 e. The van der Waals surface area contributed by atoms with Gasteiger partial charge in [-0.1, -0.05) is 6.42 Å². The fourth-order valence-electron chi connectivity index (χ4n) is 1.96. The first kappa shape index (κ1) is 14.4. The maximum Gasteiger partial charge on any atom is 0.329 e. The quantitative estimate of drug-likeness (QED) is 0.762. The number of likely N-dealkylation sites (tertiary alicyclic amines) is 1. The average molecular weight is 258 g/mol. The van der Waals surface area contributed by atoms with E-state index < -0.39 is 16.8 Å². The van der Waals surface area contributed by atoms with Gasteiger partial charge in [-0.05, 0) is 26.7 Å². The van der Waals surface area contributed by atoms with E-state index in [2.05, 4.69) is 22.5 Å². The minimum absolute atomic E-state index is 0.647. The van der Waals surface area contributed by atoms with Crippen LogP contribution in [0.3, 0.4) is 0 Å². The van der Waals surface area contributed by atoms with Crippen molar-refractivity contribution in [2.45, 2.75) is 50.3 Å². The van der Waals surface area contributed by atoms with Crippen LogP contribution in [0.25, 0.3) is 0 Å². The van der Waals surface area contributed by atoms with Gasteiger partial charge >= 0.3 is 5.97 Å². The van der Waals surface area contributed by atoms with Crippen molar-refractivity contribution in [1.82, 2.24) is 4.90 Å². The maximum absolute atomic E-state index is 11.2. The number of rotatable bonds is 3. The predicted octanol–water partition coefficient (Wildman–Crippen LogP) is 2.05. The van der Waals surface area contributed by atoms with E-state index in [1.165, 1.54) is 6.42 Å². The molecule has 1 aliphatic rings. The molecule has 1 unspecified atom stereocenters. The van der Waals surface area contributed by atoms with Gasteiger partial charge < -0.3 is 10.0 Å². The topological polar surface area (TPSA) is 52.9 Å². The fourth-order valence-corrected chi connectivity index (χ4v) is 2.12. The lowest BCUT2D eigenvalue weighted by molar-refractivity contribution is -0.139. The molecule has 1 N–H and O–H groups in total. The van der Waals surface area contributed by atoms with Crippen LogP contribution in [-0.2, 0) is 4.79 Å². The van der Waals surface area contributed by atoms with Crippen LogP contribution in [0, 0.1) is 0 Å². The van der Waals surface area contributed by atoms with E-state index in [-0.39, 0.29) is 0 Å². The normalized spacial score (nSPS) is 22.4. The smallest absolute Gasteiger partial charge is 0.329 e. The van der Waals surface area contributed by atoms with E-state index in [1.807, 2.05) is 7.05 Å². The van der Waals surface area contributed by atoms with Crippen molar-refractivity contribution in [2.75, 3.05) is 13.6 Å². The molecule has 5 heteroatoms. The van der Waals surface area contributed by atoms with Gasteiger partial charge in [0.25, 0.3) is 0 Å². The number of hydrogen-bond donors (Lipinski definition) is 2. The zero-order valence-electron chi connectivity index (χ0n) is 10.8. The van der Waals surface area contributed by atoms with Gasteiger partial charge in [0.15, 0.2) is 6.04 Å². The van der Waals surface area contributed by atoms with Crippen LogP contribution in [0.4, 0.5) is 0 Å². The van der Waals surface area contributed by atoms with Crippen molar-refractivity contribution in [2.24, 2.45) is 4.99 Å². The highest BCUT2D eigenvalue weighted by atomic mass is 32.1. The van der Waals surface area contributed by atoms with Crippen molar-refractivity contribution >= 4 is 24.4 Å². The Morgan fingerprint density at radius 3 is 2.65 bits per heavy atom. The second-order valence-electron chi connectivity index (χ2n) is 5.17. The molecule has 0 aromatic heterocycles. The van der Waals surface area contributed by atoms with Crippen molar-refractivity contribution < 1.29 is 9.90 Å². The Labute approximate surface area is 109 Å². The lowest BCUT2D eigenvalue weighted by Gasteiger charge is -2.26. The van der Waals surface area contributed by atoms with Crippen LogP contribution in [0.2, 0.25) is 0 Å². The van der Waals surface area contributed by atoms with Crippen molar-refractivity contribution in [3.63, 3.8) is 0 Å². The van der Waals surface area contributed by atoms with Gasteiger partial charge in [-0.15, -0.1) is 0 Å². The van der Waals surface area contributed by atoms with Crippen LogP contribution in [0.15, 0.2) is 4.99 Å². The summed E-state index contributed by atoms with van der Waals surface area (Å²) in [6, 6.07) is -0.790. The largest absolute Gasteiger partial charge is 0.480 e. The van der Waals surface area contributed by atoms with Gasteiger partial charge in [-0.3, -0.25) is 4.99 Å². The molecule has 98 valence electrons. The Morgan fingerprint density at radius 1 is 1.47 bits per heavy atom. The molecule has 1 fully saturated rings. The van der Waals surface area contributed by atoms with Gasteiger partial charge in [-0.25, -0.2) is 4.79 Å². The van der Waals surface area contributed by atoms with Crippen LogP contribution in [-0.4, -0.2) is 46.2 Å². The van der Waals surface area contributed by atoms with Gasteiger partial charge in [0.05, 0.1) is 5.84 Å². The van der Waals surface area contributed by atoms with E-state index >= 15 is 0 Å². The first-order chi connectivity index (χ1) is 7.82. The summed E-state index contributed by atoms with van der Waals surface area (Å²) in [5.41, 5.74) is 0. The van der Waals surface area contributed by atoms with Crippen LogP contribution in [0.5, 0.6) is 0 Å². The first-order valence-corrected chi connectivity index (χ1v) is 6.50. The monoisotopic (exact) mass is 258 g/mol. The molecule has 17 heavy (non-hydrogen) atoms. The molecule has 0 amide bonds. The third-order valence-corrected chi connectivity index (χ3v) is 3.26. The summed E-state index contributed by atoms with van der Waals surface area (Å²) in [6.07, 6.45) is 4.29. The van der Waals surface area contributed by atoms with Gasteiger partial charge in [0.1, 0.15) is 0 Å². The van der Waals surface area contributed by atoms with Crippen LogP contribution in [0.1, 0.15) is 39.5 Å². The molecule has 1 heterocycles. The number of aliphatic carboxylic acids is 1. The van der Waals surface area contributed by atoms with Crippen molar-refractivity contribution in [3.05, 3.63) is 0 Å². The lowest BCUT2D eigenvalue weighted by atomic mass is 10.0. The molecule has 0 spiro atoms. The summed E-state index contributed by atoms with van der Waals surface area (Å²) in [6.45, 7) is 4.53. The molecule has 0 bridgehead atoms. The fraction of sp³-hybridized carbons (Fsp3) is 0.833. The van der Waals surface area contributed by atoms with E-state index in [9.17, 15) is 9.90 Å². The Bertz CT molecular complexity index is 310. The molecule has 0 aromatic carbocycles. The third-order valence-electron chi connectivity index (χ3n) is 3.02. The zero-order valence-corrected chi connectivity index (χ0v) is 11.7. The molecule has 4 nitrogen and oxygen atoms in total. The Balaban J connectivity index is 2.92. The molecule has 0 aliphatic carbocycles. The summed E-state index contributed by atoms with van der Waals surface area (Å²) in [5.74, 6) is -0.00725. The minimum atomic E-state index is -0.907. The molecule has 1 saturated heterocycles. The maximum atomic E-state index is 11.2. The number of carboxylic acids is 1. The number of aliphatic imine (C=N–C) groups is 1. The molecule has 1 aliphatic heterocycles. The number of thiol groups is 1. The Morgan fingerprint density at radius 2 is 2.12 bits per heavy atom. The van der Waals surface area contributed by atoms with Gasteiger partial charge in [0, 0.05) is 24.8 Å². The lowest BCUT2D eigenvalue weighted by Crippen LogP contribution is -2.39. The average Bonchev–Trinajstić information content (AvgIpc) is 2.37. The summed E-state index contributed by atoms with van der Waals surface area (Å²) >= 11 is 4.34. The molecule has 1 rings (SSSR count). The highest BCUT2D eigenvalue weighted by molar-refractivity contribution is 7.81. The van der Waals surface area contributed by atoms with E-state index in [4.69, 9.17) is 0 Å². The predicted molar refractivity (Wildman–Crippen MR) is 73.0 cm³/mol. The Kier molecular flexibility index (Phi) is 4.86. The van der Waals surface area contributed by atoms with Crippen molar-refractivity contribution in [1.29, 1.82) is 0 Å². The third kappa shape index (κ3) is 4.22. The van der Waals surface area contributed by atoms with E-state index in [1.54, 1.807) is 13.8 Å². The van der Waals surface area contributed by atoms with E-state index in [0.29, 0.717) is 0 Å². The second-order valence-corrected chi connectivity index (χ2v) is 6.32. The van der Waals surface area contributed by atoms with E-state index in [0.717, 1.165) is 31.6 Å². The SMILES string of the molecule is CN1CCCCCC1=NC(C(=O)O)C(C)(C)S. The summed E-state index contributed by atoms with van der Waals surface area (Å²) in [5, 5.41) is 9.22. The Hall–Kier alpha value is -0.710. The number of hydrogen-bond acceptors (Lipinski definition) is 3. The van der Waals surface area contributed by atoms with Crippen molar-refractivity contribution in [3.8, 4) is 0 Å². The number of amidine groups is 1. The highest BCUT2D eigenvalue weighted by Crippen LogP contribution is 2.22. The summed E-state index contributed by atoms with van der Waals surface area (Å²) in [4.78, 5) is 17.7. The standard InChI is InChI=1S/C12H22N2O2S/c1-12(2,17)10(11(15)16)13-9-7-5-4-6-8-14(9)3/h10,17H,4-8H2,1-3H3,(H,15,16). The molecular formula is C12H22N2O2S. The molecule has 0 saturated carbocycles. The van der Waals surface area contributed by atoms with Gasteiger partial charge in [-0.2, -0.15) is 12.6 Å². The number of carbonyl (C=O) groups is 1. The number of carboxylic acid groups (broad SMARTS) is 1. The second kappa shape index (κ2) is 5.76.